The first-order valence-corrected chi connectivity index (χ1v) is 8.99. The van der Waals surface area contributed by atoms with E-state index < -0.39 is 10.0 Å². The van der Waals surface area contributed by atoms with Crippen molar-refractivity contribution in [3.63, 3.8) is 0 Å². The molecule has 6 heteroatoms. The maximum Gasteiger partial charge on any atom is 0.243 e. The van der Waals surface area contributed by atoms with E-state index in [0.717, 1.165) is 5.56 Å². The lowest BCUT2D eigenvalue weighted by Gasteiger charge is -2.22. The number of ether oxygens (including phenoxy) is 1. The van der Waals surface area contributed by atoms with Gasteiger partial charge in [0.25, 0.3) is 0 Å². The van der Waals surface area contributed by atoms with E-state index in [9.17, 15) is 8.42 Å². The average molecular weight is 334 g/mol. The summed E-state index contributed by atoms with van der Waals surface area (Å²) in [6.07, 6.45) is 0. The van der Waals surface area contributed by atoms with Crippen LogP contribution in [0.3, 0.4) is 0 Å². The molecule has 0 radical (unpaired) electrons. The average Bonchev–Trinajstić information content (AvgIpc) is 2.56. The van der Waals surface area contributed by atoms with Crippen LogP contribution in [-0.2, 0) is 16.6 Å². The largest absolute Gasteiger partial charge is 0.494 e. The summed E-state index contributed by atoms with van der Waals surface area (Å²) in [5.41, 5.74) is 6.52. The first kappa shape index (κ1) is 17.5. The molecule has 0 atom stereocenters. The zero-order valence-corrected chi connectivity index (χ0v) is 14.0. The van der Waals surface area contributed by atoms with Gasteiger partial charge in [-0.1, -0.05) is 30.3 Å². The van der Waals surface area contributed by atoms with Gasteiger partial charge < -0.3 is 10.5 Å². The van der Waals surface area contributed by atoms with E-state index in [2.05, 4.69) is 0 Å². The van der Waals surface area contributed by atoms with Crippen LogP contribution in [0.4, 0.5) is 0 Å². The van der Waals surface area contributed by atoms with E-state index in [4.69, 9.17) is 10.5 Å². The maximum absolute atomic E-state index is 12.8. The zero-order chi connectivity index (χ0) is 16.7. The highest BCUT2D eigenvalue weighted by molar-refractivity contribution is 7.89. The predicted octanol–water partition coefficient (Wildman–Crippen LogP) is 2.23. The van der Waals surface area contributed by atoms with Crippen LogP contribution in [-0.4, -0.2) is 32.4 Å². The summed E-state index contributed by atoms with van der Waals surface area (Å²) in [6.45, 7) is 3.26. The van der Waals surface area contributed by atoms with E-state index in [-0.39, 0.29) is 18.0 Å². The smallest absolute Gasteiger partial charge is 0.243 e. The van der Waals surface area contributed by atoms with E-state index in [1.54, 1.807) is 24.3 Å². The van der Waals surface area contributed by atoms with Gasteiger partial charge in [0.15, 0.2) is 0 Å². The van der Waals surface area contributed by atoms with Crippen LogP contribution >= 0.6 is 0 Å². The second-order valence-electron chi connectivity index (χ2n) is 5.02. The minimum absolute atomic E-state index is 0.241. The lowest BCUT2D eigenvalue weighted by molar-refractivity contribution is 0.340. The Morgan fingerprint density at radius 1 is 1.04 bits per heavy atom. The summed E-state index contributed by atoms with van der Waals surface area (Å²) in [5, 5.41) is 0. The lowest BCUT2D eigenvalue weighted by Crippen LogP contribution is -2.34. The lowest BCUT2D eigenvalue weighted by atomic mass is 10.2. The van der Waals surface area contributed by atoms with Gasteiger partial charge >= 0.3 is 0 Å². The highest BCUT2D eigenvalue weighted by Crippen LogP contribution is 2.21. The Balaban J connectivity index is 2.25. The van der Waals surface area contributed by atoms with Gasteiger partial charge in [-0.2, -0.15) is 4.31 Å². The van der Waals surface area contributed by atoms with Crippen molar-refractivity contribution in [2.24, 2.45) is 5.73 Å². The Hall–Kier alpha value is -1.89. The SMILES string of the molecule is CCOc1ccc(S(=O)(=O)N(CCN)Cc2ccccc2)cc1. The molecule has 0 aromatic heterocycles. The zero-order valence-electron chi connectivity index (χ0n) is 13.2. The molecule has 0 unspecified atom stereocenters. The summed E-state index contributed by atoms with van der Waals surface area (Å²) in [7, 11) is -3.60. The molecule has 0 saturated heterocycles. The number of hydrogen-bond acceptors (Lipinski definition) is 4. The molecule has 0 aliphatic heterocycles. The fourth-order valence-corrected chi connectivity index (χ4v) is 3.68. The van der Waals surface area contributed by atoms with Crippen molar-refractivity contribution < 1.29 is 13.2 Å². The van der Waals surface area contributed by atoms with Gasteiger partial charge in [0.05, 0.1) is 11.5 Å². The molecule has 2 rings (SSSR count). The molecular formula is C17H22N2O3S. The molecule has 0 amide bonds. The topological polar surface area (TPSA) is 72.6 Å². The Labute approximate surface area is 137 Å². The normalized spacial score (nSPS) is 11.6. The van der Waals surface area contributed by atoms with E-state index in [1.165, 1.54) is 4.31 Å². The van der Waals surface area contributed by atoms with Crippen molar-refractivity contribution >= 4 is 10.0 Å². The molecule has 0 heterocycles. The molecule has 0 bridgehead atoms. The first-order valence-electron chi connectivity index (χ1n) is 7.55. The van der Waals surface area contributed by atoms with Crippen LogP contribution < -0.4 is 10.5 Å². The molecule has 124 valence electrons. The Bertz CT molecular complexity index is 700. The van der Waals surface area contributed by atoms with Crippen LogP contribution in [0, 0.1) is 0 Å². The minimum Gasteiger partial charge on any atom is -0.494 e. The van der Waals surface area contributed by atoms with Crippen LogP contribution in [0.2, 0.25) is 0 Å². The quantitative estimate of drug-likeness (QED) is 0.803. The van der Waals surface area contributed by atoms with Gasteiger partial charge in [0.2, 0.25) is 10.0 Å². The molecular weight excluding hydrogens is 312 g/mol. The third kappa shape index (κ3) is 4.54. The van der Waals surface area contributed by atoms with Crippen molar-refractivity contribution in [3.8, 4) is 5.75 Å². The molecule has 2 N–H and O–H groups in total. The van der Waals surface area contributed by atoms with E-state index >= 15 is 0 Å². The fourth-order valence-electron chi connectivity index (χ4n) is 2.24. The third-order valence-electron chi connectivity index (χ3n) is 3.35. The molecule has 2 aromatic carbocycles. The molecule has 2 aromatic rings. The highest BCUT2D eigenvalue weighted by Gasteiger charge is 2.24. The van der Waals surface area contributed by atoms with E-state index in [0.29, 0.717) is 18.9 Å². The Morgan fingerprint density at radius 3 is 2.26 bits per heavy atom. The summed E-state index contributed by atoms with van der Waals surface area (Å²) < 4.78 is 32.4. The predicted molar refractivity (Wildman–Crippen MR) is 90.7 cm³/mol. The Morgan fingerprint density at radius 2 is 1.70 bits per heavy atom. The Kier molecular flexibility index (Phi) is 6.15. The molecule has 0 saturated carbocycles. The fraction of sp³-hybridized carbons (Fsp3) is 0.294. The van der Waals surface area contributed by atoms with Gasteiger partial charge in [0, 0.05) is 19.6 Å². The number of nitrogens with zero attached hydrogens (tertiary/aromatic N) is 1. The summed E-state index contributed by atoms with van der Waals surface area (Å²) in [6, 6.07) is 15.9. The number of sulfonamides is 1. The minimum atomic E-state index is -3.60. The molecule has 5 nitrogen and oxygen atoms in total. The van der Waals surface area contributed by atoms with Crippen LogP contribution in [0.15, 0.2) is 59.5 Å². The van der Waals surface area contributed by atoms with Crippen molar-refractivity contribution in [2.45, 2.75) is 18.4 Å². The van der Waals surface area contributed by atoms with E-state index in [1.807, 2.05) is 37.3 Å². The highest BCUT2D eigenvalue weighted by atomic mass is 32.2. The van der Waals surface area contributed by atoms with Gasteiger partial charge in [-0.05, 0) is 36.8 Å². The van der Waals surface area contributed by atoms with Gasteiger partial charge in [0.1, 0.15) is 5.75 Å². The number of hydrogen-bond donors (Lipinski definition) is 1. The van der Waals surface area contributed by atoms with Gasteiger partial charge in [-0.25, -0.2) is 8.42 Å². The van der Waals surface area contributed by atoms with Gasteiger partial charge in [-0.3, -0.25) is 0 Å². The number of rotatable bonds is 8. The standard InChI is InChI=1S/C17H22N2O3S/c1-2-22-16-8-10-17(11-9-16)23(20,21)19(13-12-18)14-15-6-4-3-5-7-15/h3-11H,2,12-14,18H2,1H3. The van der Waals surface area contributed by atoms with Crippen molar-refractivity contribution in [3.05, 3.63) is 60.2 Å². The first-order chi connectivity index (χ1) is 11.1. The second-order valence-corrected chi connectivity index (χ2v) is 6.96. The number of benzene rings is 2. The van der Waals surface area contributed by atoms with Crippen molar-refractivity contribution in [1.29, 1.82) is 0 Å². The maximum atomic E-state index is 12.8. The summed E-state index contributed by atoms with van der Waals surface area (Å²) >= 11 is 0. The van der Waals surface area contributed by atoms with Gasteiger partial charge in [-0.15, -0.1) is 0 Å². The summed E-state index contributed by atoms with van der Waals surface area (Å²) in [5.74, 6) is 0.653. The second kappa shape index (κ2) is 8.10. The van der Waals surface area contributed by atoms with Crippen molar-refractivity contribution in [2.75, 3.05) is 19.7 Å². The number of nitrogens with two attached hydrogens (primary N) is 1. The summed E-state index contributed by atoms with van der Waals surface area (Å²) in [4.78, 5) is 0.241. The third-order valence-corrected chi connectivity index (χ3v) is 5.21. The molecule has 0 spiro atoms. The monoisotopic (exact) mass is 334 g/mol. The molecule has 0 aliphatic carbocycles. The molecule has 0 aliphatic rings. The molecule has 0 fully saturated rings. The van der Waals surface area contributed by atoms with Crippen LogP contribution in [0.5, 0.6) is 5.75 Å². The molecule has 23 heavy (non-hydrogen) atoms. The van der Waals surface area contributed by atoms with Crippen LogP contribution in [0.25, 0.3) is 0 Å². The van der Waals surface area contributed by atoms with Crippen LogP contribution in [0.1, 0.15) is 12.5 Å². The van der Waals surface area contributed by atoms with Crippen molar-refractivity contribution in [1.82, 2.24) is 4.31 Å².